The van der Waals surface area contributed by atoms with Crippen LogP contribution in [0.3, 0.4) is 0 Å². The summed E-state index contributed by atoms with van der Waals surface area (Å²) in [5.41, 5.74) is 1.12. The van der Waals surface area contributed by atoms with Crippen molar-refractivity contribution in [2.45, 2.75) is 62.9 Å². The lowest BCUT2D eigenvalue weighted by molar-refractivity contribution is -0.120. The van der Waals surface area contributed by atoms with Gasteiger partial charge in [0, 0.05) is 18.2 Å². The van der Waals surface area contributed by atoms with Gasteiger partial charge in [-0.15, -0.1) is 11.3 Å². The van der Waals surface area contributed by atoms with E-state index in [2.05, 4.69) is 17.9 Å². The standard InChI is InChI=1S/C26H28O5S/c1-29-23-8-7-19(16-24(23)31-21-5-3-4-6-21)26(12-9-20(27)10-13-26)14-11-22-15-18(17-32-22)25(28)30-2/h7-8,15-17,21H,3-6,9-10,12-13H2,1-2H3. The van der Waals surface area contributed by atoms with Crippen molar-refractivity contribution >= 4 is 23.1 Å². The Bertz CT molecular complexity index is 1040. The number of carbonyl (C=O) groups excluding carboxylic acids is 2. The number of hydrogen-bond donors (Lipinski definition) is 0. The second-order valence-electron chi connectivity index (χ2n) is 8.45. The summed E-state index contributed by atoms with van der Waals surface area (Å²) in [5.74, 6) is 8.13. The van der Waals surface area contributed by atoms with Gasteiger partial charge in [-0.2, -0.15) is 0 Å². The van der Waals surface area contributed by atoms with Crippen LogP contribution < -0.4 is 9.47 Å². The van der Waals surface area contributed by atoms with Crippen molar-refractivity contribution in [3.05, 3.63) is 45.6 Å². The third kappa shape index (κ3) is 4.83. The van der Waals surface area contributed by atoms with Crippen LogP contribution in [0, 0.1) is 11.8 Å². The van der Waals surface area contributed by atoms with Crippen LogP contribution in [0.2, 0.25) is 0 Å². The molecular formula is C26H28O5S. The summed E-state index contributed by atoms with van der Waals surface area (Å²) in [7, 11) is 3.02. The monoisotopic (exact) mass is 452 g/mol. The zero-order valence-electron chi connectivity index (χ0n) is 18.6. The number of hydrogen-bond acceptors (Lipinski definition) is 6. The largest absolute Gasteiger partial charge is 0.493 e. The number of benzene rings is 1. The van der Waals surface area contributed by atoms with E-state index >= 15 is 0 Å². The molecule has 168 valence electrons. The van der Waals surface area contributed by atoms with Crippen molar-refractivity contribution in [2.24, 2.45) is 0 Å². The number of rotatable bonds is 5. The molecule has 2 aliphatic rings. The summed E-state index contributed by atoms with van der Waals surface area (Å²) in [4.78, 5) is 24.6. The van der Waals surface area contributed by atoms with Gasteiger partial charge in [-0.3, -0.25) is 4.79 Å². The van der Waals surface area contributed by atoms with Crippen molar-refractivity contribution in [1.29, 1.82) is 0 Å². The molecule has 0 bridgehead atoms. The fraction of sp³-hybridized carbons (Fsp3) is 0.462. The predicted octanol–water partition coefficient (Wildman–Crippen LogP) is 5.30. The van der Waals surface area contributed by atoms with Crippen LogP contribution in [-0.2, 0) is 14.9 Å². The summed E-state index contributed by atoms with van der Waals surface area (Å²) >= 11 is 1.42. The van der Waals surface area contributed by atoms with Gasteiger partial charge in [0.05, 0.1) is 36.2 Å². The van der Waals surface area contributed by atoms with E-state index in [-0.39, 0.29) is 17.9 Å². The highest BCUT2D eigenvalue weighted by Gasteiger charge is 2.36. The maximum absolute atomic E-state index is 12.0. The van der Waals surface area contributed by atoms with E-state index in [9.17, 15) is 9.59 Å². The highest BCUT2D eigenvalue weighted by molar-refractivity contribution is 7.10. The number of thiophene rings is 1. The Morgan fingerprint density at radius 1 is 1.09 bits per heavy atom. The number of Topliss-reactive ketones (excluding diaryl/α,β-unsaturated/α-hetero) is 1. The lowest BCUT2D eigenvalue weighted by Gasteiger charge is -2.33. The molecule has 2 saturated carbocycles. The molecule has 4 rings (SSSR count). The van der Waals surface area contributed by atoms with Crippen molar-refractivity contribution < 1.29 is 23.8 Å². The molecule has 0 aliphatic heterocycles. The zero-order valence-corrected chi connectivity index (χ0v) is 19.4. The van der Waals surface area contributed by atoms with E-state index in [4.69, 9.17) is 14.2 Å². The fourth-order valence-corrected chi connectivity index (χ4v) is 5.22. The molecule has 0 spiro atoms. The molecule has 5 nitrogen and oxygen atoms in total. The van der Waals surface area contributed by atoms with Crippen molar-refractivity contribution in [3.8, 4) is 23.3 Å². The van der Waals surface area contributed by atoms with Crippen LogP contribution in [0.25, 0.3) is 0 Å². The van der Waals surface area contributed by atoms with Gasteiger partial charge < -0.3 is 14.2 Å². The highest BCUT2D eigenvalue weighted by atomic mass is 32.1. The second kappa shape index (κ2) is 9.79. The van der Waals surface area contributed by atoms with Crippen LogP contribution >= 0.6 is 11.3 Å². The molecule has 6 heteroatoms. The van der Waals surface area contributed by atoms with Gasteiger partial charge in [0.2, 0.25) is 0 Å². The number of esters is 1. The number of ketones is 1. The Hall–Kier alpha value is -2.78. The van der Waals surface area contributed by atoms with Crippen LogP contribution in [0.4, 0.5) is 0 Å². The molecular weight excluding hydrogens is 424 g/mol. The van der Waals surface area contributed by atoms with Crippen molar-refractivity contribution in [1.82, 2.24) is 0 Å². The average Bonchev–Trinajstić information content (AvgIpc) is 3.51. The lowest BCUT2D eigenvalue weighted by atomic mass is 9.69. The minimum atomic E-state index is -0.441. The maximum Gasteiger partial charge on any atom is 0.338 e. The Morgan fingerprint density at radius 2 is 1.84 bits per heavy atom. The number of carbonyl (C=O) groups is 2. The van der Waals surface area contributed by atoms with Gasteiger partial charge in [0.25, 0.3) is 0 Å². The number of ether oxygens (including phenoxy) is 3. The van der Waals surface area contributed by atoms with Crippen LogP contribution in [-0.4, -0.2) is 32.1 Å². The molecule has 32 heavy (non-hydrogen) atoms. The normalized spacial score (nSPS) is 18.0. The maximum atomic E-state index is 12.0. The molecule has 1 aromatic heterocycles. The molecule has 1 aromatic carbocycles. The van der Waals surface area contributed by atoms with Crippen LogP contribution in [0.15, 0.2) is 29.6 Å². The van der Waals surface area contributed by atoms with E-state index in [0.29, 0.717) is 31.2 Å². The van der Waals surface area contributed by atoms with Gasteiger partial charge >= 0.3 is 5.97 Å². The molecule has 0 amide bonds. The van der Waals surface area contributed by atoms with E-state index in [1.165, 1.54) is 31.3 Å². The smallest absolute Gasteiger partial charge is 0.338 e. The lowest BCUT2D eigenvalue weighted by Crippen LogP contribution is -2.30. The minimum absolute atomic E-state index is 0.219. The van der Waals surface area contributed by atoms with E-state index in [1.807, 2.05) is 12.1 Å². The van der Waals surface area contributed by atoms with Gasteiger partial charge in [0.1, 0.15) is 5.78 Å². The Morgan fingerprint density at radius 3 is 2.53 bits per heavy atom. The highest BCUT2D eigenvalue weighted by Crippen LogP contribution is 2.42. The molecule has 2 fully saturated rings. The summed E-state index contributed by atoms with van der Waals surface area (Å²) in [5, 5.41) is 1.76. The van der Waals surface area contributed by atoms with Crippen LogP contribution in [0.5, 0.6) is 11.5 Å². The SMILES string of the molecule is COC(=O)c1csc(C#CC2(c3ccc(OC)c(OC4CCCC4)c3)CCC(=O)CC2)c1. The van der Waals surface area contributed by atoms with E-state index < -0.39 is 5.41 Å². The molecule has 0 radical (unpaired) electrons. The minimum Gasteiger partial charge on any atom is -0.493 e. The molecule has 0 unspecified atom stereocenters. The number of methoxy groups -OCH3 is 2. The van der Waals surface area contributed by atoms with Crippen molar-refractivity contribution in [2.75, 3.05) is 14.2 Å². The van der Waals surface area contributed by atoms with Gasteiger partial charge in [-0.05, 0) is 62.3 Å². The third-order valence-electron chi connectivity index (χ3n) is 6.42. The van der Waals surface area contributed by atoms with Crippen molar-refractivity contribution in [3.63, 3.8) is 0 Å². The van der Waals surface area contributed by atoms with Gasteiger partial charge in [-0.25, -0.2) is 4.79 Å². The Kier molecular flexibility index (Phi) is 6.86. The first-order valence-corrected chi connectivity index (χ1v) is 12.0. The third-order valence-corrected chi connectivity index (χ3v) is 7.26. The van der Waals surface area contributed by atoms with Crippen LogP contribution in [0.1, 0.15) is 72.2 Å². The first-order valence-electron chi connectivity index (χ1n) is 11.1. The molecule has 0 N–H and O–H groups in total. The quantitative estimate of drug-likeness (QED) is 0.455. The molecule has 0 atom stereocenters. The first kappa shape index (κ1) is 22.4. The topological polar surface area (TPSA) is 61.8 Å². The summed E-state index contributed by atoms with van der Waals surface area (Å²) in [6, 6.07) is 7.79. The summed E-state index contributed by atoms with van der Waals surface area (Å²) in [6.45, 7) is 0. The van der Waals surface area contributed by atoms with Gasteiger partial charge in [-0.1, -0.05) is 17.9 Å². The summed E-state index contributed by atoms with van der Waals surface area (Å²) < 4.78 is 16.7. The summed E-state index contributed by atoms with van der Waals surface area (Å²) in [6.07, 6.45) is 7.09. The average molecular weight is 453 g/mol. The molecule has 2 aliphatic carbocycles. The van der Waals surface area contributed by atoms with E-state index in [1.54, 1.807) is 18.6 Å². The van der Waals surface area contributed by atoms with Gasteiger partial charge in [0.15, 0.2) is 11.5 Å². The predicted molar refractivity (Wildman–Crippen MR) is 124 cm³/mol. The molecule has 2 aromatic rings. The fourth-order valence-electron chi connectivity index (χ4n) is 4.50. The Balaban J connectivity index is 1.68. The van der Waals surface area contributed by atoms with E-state index in [0.717, 1.165) is 34.8 Å². The Labute approximate surface area is 193 Å². The molecule has 0 saturated heterocycles. The first-order chi connectivity index (χ1) is 15.5. The zero-order chi connectivity index (χ0) is 22.6. The second-order valence-corrected chi connectivity index (χ2v) is 9.36. The molecule has 1 heterocycles.